The zero-order valence-electron chi connectivity index (χ0n) is 15.2. The Morgan fingerprint density at radius 2 is 2.44 bits per heavy atom. The van der Waals surface area contributed by atoms with Crippen LogP contribution in [0.2, 0.25) is 0 Å². The number of aliphatic hydroxyl groups excluding tert-OH is 1. The van der Waals surface area contributed by atoms with E-state index >= 15 is 0 Å². The molecule has 2 aliphatic rings. The van der Waals surface area contributed by atoms with Crippen LogP contribution in [0, 0.1) is 3.01 Å². The molecule has 27 heavy (non-hydrogen) atoms. The molecule has 2 N–H and O–H groups in total. The van der Waals surface area contributed by atoms with Gasteiger partial charge in [-0.1, -0.05) is 0 Å². The van der Waals surface area contributed by atoms with E-state index in [1.165, 1.54) is 18.4 Å². The van der Waals surface area contributed by atoms with Crippen LogP contribution in [0.15, 0.2) is 40.5 Å². The molecule has 2 saturated heterocycles. The molecule has 4 rings (SSSR count). The number of hydrogen-bond donors (Lipinski definition) is 2. The molecule has 0 radical (unpaired) electrons. The van der Waals surface area contributed by atoms with Gasteiger partial charge in [-0.2, -0.15) is 0 Å². The van der Waals surface area contributed by atoms with E-state index in [1.807, 2.05) is 16.8 Å². The topological polar surface area (TPSA) is 75.9 Å². The number of rotatable bonds is 6. The van der Waals surface area contributed by atoms with Gasteiger partial charge in [-0.25, -0.2) is 0 Å². The van der Waals surface area contributed by atoms with E-state index in [4.69, 9.17) is 0 Å². The van der Waals surface area contributed by atoms with Gasteiger partial charge in [-0.15, -0.1) is 0 Å². The second-order valence-electron chi connectivity index (χ2n) is 7.20. The van der Waals surface area contributed by atoms with Crippen LogP contribution in [0.25, 0.3) is 11.8 Å². The standard InChI is InChI=1S/C19H23IN5OS/c1-19-5-2-15(22-19)10-14(12-19)11-17-23-24-18(27-17)20-6-3-16(4-9-26)25-8-7-21-13-25/h3-4,6-8,11,13,15,22,26H,2,5,9-10,12H2,1H3/q-1/b6-3-,14-11+,16-4+/t15-,19?/m1/s1. The number of aromatic nitrogens is 4. The third kappa shape index (κ3) is 4.74. The Morgan fingerprint density at radius 3 is 3.22 bits per heavy atom. The first-order valence-electron chi connectivity index (χ1n) is 9.03. The number of allylic oxidation sites excluding steroid dienone is 2. The van der Waals surface area contributed by atoms with Gasteiger partial charge in [-0.05, 0) is 0 Å². The second-order valence-corrected chi connectivity index (χ2v) is 11.3. The van der Waals surface area contributed by atoms with Gasteiger partial charge in [0.2, 0.25) is 0 Å². The average molecular weight is 496 g/mol. The monoisotopic (exact) mass is 496 g/mol. The van der Waals surface area contributed by atoms with Crippen LogP contribution in [-0.4, -0.2) is 43.0 Å². The molecule has 1 unspecified atom stereocenters. The summed E-state index contributed by atoms with van der Waals surface area (Å²) in [7, 11) is 0. The third-order valence-electron chi connectivity index (χ3n) is 4.96. The van der Waals surface area contributed by atoms with Crippen LogP contribution in [-0.2, 0) is 0 Å². The van der Waals surface area contributed by atoms with Crippen LogP contribution in [0.3, 0.4) is 0 Å². The SMILES string of the molecule is CC12CC[C@H](C/C(=C\c3nnc([I-]/C=C\C(=C/CO)n4ccnc4)s3)C1)N2. The summed E-state index contributed by atoms with van der Waals surface area (Å²) in [5, 5.41) is 22.7. The van der Waals surface area contributed by atoms with Gasteiger partial charge in [0.25, 0.3) is 0 Å². The zero-order chi connectivity index (χ0) is 18.7. The minimum atomic E-state index is -0.349. The molecule has 0 aliphatic carbocycles. The summed E-state index contributed by atoms with van der Waals surface area (Å²) in [6.07, 6.45) is 16.2. The van der Waals surface area contributed by atoms with Crippen molar-refractivity contribution < 1.29 is 26.3 Å². The third-order valence-corrected chi connectivity index (χ3v) is 8.34. The Bertz CT molecular complexity index is 873. The van der Waals surface area contributed by atoms with E-state index in [0.717, 1.165) is 26.6 Å². The molecule has 2 fully saturated rings. The number of halogens is 1. The average Bonchev–Trinajstić information content (AvgIpc) is 3.36. The maximum absolute atomic E-state index is 9.20. The van der Waals surface area contributed by atoms with Crippen molar-refractivity contribution in [3.05, 3.63) is 48.6 Å². The van der Waals surface area contributed by atoms with Gasteiger partial charge in [0.15, 0.2) is 0 Å². The molecule has 0 spiro atoms. The van der Waals surface area contributed by atoms with Gasteiger partial charge in [0.05, 0.1) is 0 Å². The molecular formula is C19H23IN5OS-. The van der Waals surface area contributed by atoms with Crippen LogP contribution < -0.4 is 26.5 Å². The van der Waals surface area contributed by atoms with E-state index in [0.29, 0.717) is 6.04 Å². The Labute approximate surface area is 173 Å². The predicted molar refractivity (Wildman–Crippen MR) is 103 cm³/mol. The van der Waals surface area contributed by atoms with Crippen molar-refractivity contribution in [3.63, 3.8) is 0 Å². The van der Waals surface area contributed by atoms with Crippen molar-refractivity contribution in [1.29, 1.82) is 0 Å². The maximum atomic E-state index is 9.20. The molecule has 2 atom stereocenters. The summed E-state index contributed by atoms with van der Waals surface area (Å²) < 4.78 is 5.15. The van der Waals surface area contributed by atoms with Gasteiger partial charge in [0, 0.05) is 0 Å². The first kappa shape index (κ1) is 19.0. The first-order valence-corrected chi connectivity index (χ1v) is 12.2. The molecule has 144 valence electrons. The van der Waals surface area contributed by atoms with Crippen molar-refractivity contribution in [2.75, 3.05) is 6.61 Å². The van der Waals surface area contributed by atoms with E-state index in [9.17, 15) is 5.11 Å². The summed E-state index contributed by atoms with van der Waals surface area (Å²) in [4.78, 5) is 4.05. The Balaban J connectivity index is 1.40. The molecule has 6 nitrogen and oxygen atoms in total. The fourth-order valence-corrected chi connectivity index (χ4v) is 6.93. The van der Waals surface area contributed by atoms with Crippen molar-refractivity contribution in [3.8, 4) is 0 Å². The number of nitrogens with one attached hydrogen (secondary N) is 1. The van der Waals surface area contributed by atoms with Crippen molar-refractivity contribution in [2.24, 2.45) is 0 Å². The van der Waals surface area contributed by atoms with Gasteiger partial charge < -0.3 is 0 Å². The summed E-state index contributed by atoms with van der Waals surface area (Å²) in [6, 6.07) is 0.637. The fourth-order valence-electron chi connectivity index (χ4n) is 3.83. The number of fused-ring (bicyclic) bond motifs is 2. The molecule has 8 heteroatoms. The van der Waals surface area contributed by atoms with E-state index in [1.54, 1.807) is 29.9 Å². The van der Waals surface area contributed by atoms with E-state index in [2.05, 4.69) is 37.6 Å². The fraction of sp³-hybridized carbons (Fsp3) is 0.421. The Morgan fingerprint density at radius 1 is 1.52 bits per heavy atom. The first-order chi connectivity index (χ1) is 13.1. The summed E-state index contributed by atoms with van der Waals surface area (Å²) in [6.45, 7) is 2.33. The number of piperidine rings is 1. The summed E-state index contributed by atoms with van der Waals surface area (Å²) >= 11 is 1.35. The molecule has 4 heterocycles. The van der Waals surface area contributed by atoms with Crippen LogP contribution in [0.1, 0.15) is 37.6 Å². The van der Waals surface area contributed by atoms with Crippen LogP contribution in [0.4, 0.5) is 0 Å². The molecule has 2 bridgehead atoms. The molecular weight excluding hydrogens is 473 g/mol. The molecule has 0 amide bonds. The number of imidazole rings is 1. The molecule has 2 aliphatic heterocycles. The summed E-state index contributed by atoms with van der Waals surface area (Å²) in [5.41, 5.74) is 2.70. The number of nitrogens with zero attached hydrogens (tertiary/aromatic N) is 4. The molecule has 0 aromatic carbocycles. The van der Waals surface area contributed by atoms with E-state index in [-0.39, 0.29) is 33.4 Å². The van der Waals surface area contributed by atoms with Gasteiger partial charge in [-0.3, -0.25) is 0 Å². The van der Waals surface area contributed by atoms with Crippen molar-refractivity contribution in [1.82, 2.24) is 25.1 Å². The minimum absolute atomic E-state index is 0.00146. The van der Waals surface area contributed by atoms with Gasteiger partial charge in [0.1, 0.15) is 0 Å². The van der Waals surface area contributed by atoms with Crippen molar-refractivity contribution >= 4 is 23.1 Å². The molecule has 2 aromatic heterocycles. The van der Waals surface area contributed by atoms with Crippen LogP contribution in [0.5, 0.6) is 0 Å². The zero-order valence-corrected chi connectivity index (χ0v) is 18.2. The van der Waals surface area contributed by atoms with Crippen LogP contribution >= 0.6 is 11.3 Å². The Kier molecular flexibility index (Phi) is 5.86. The van der Waals surface area contributed by atoms with E-state index < -0.39 is 0 Å². The predicted octanol–water partition coefficient (Wildman–Crippen LogP) is -0.272. The summed E-state index contributed by atoms with van der Waals surface area (Å²) in [5.74, 6) is 0. The molecule has 2 aromatic rings. The normalized spacial score (nSPS) is 27.3. The second kappa shape index (κ2) is 8.34. The Hall–Kier alpha value is -1.36. The van der Waals surface area contributed by atoms with Crippen molar-refractivity contribution in [2.45, 2.75) is 44.2 Å². The number of hydrogen-bond acceptors (Lipinski definition) is 6. The van der Waals surface area contributed by atoms with Gasteiger partial charge >= 0.3 is 174 Å². The molecule has 0 saturated carbocycles. The quantitative estimate of drug-likeness (QED) is 0.426. The number of aliphatic hydroxyl groups is 1.